The summed E-state index contributed by atoms with van der Waals surface area (Å²) in [4.78, 5) is 21.9. The van der Waals surface area contributed by atoms with Gasteiger partial charge >= 0.3 is 190 Å². The fourth-order valence-electron chi connectivity index (χ4n) is 3.93. The van der Waals surface area contributed by atoms with Gasteiger partial charge in [0.25, 0.3) is 0 Å². The van der Waals surface area contributed by atoms with E-state index in [4.69, 9.17) is 9.84 Å². The van der Waals surface area contributed by atoms with Gasteiger partial charge < -0.3 is 0 Å². The van der Waals surface area contributed by atoms with Gasteiger partial charge in [0.2, 0.25) is 0 Å². The summed E-state index contributed by atoms with van der Waals surface area (Å²) >= 11 is -0.485. The molecule has 0 atom stereocenters. The predicted molar refractivity (Wildman–Crippen MR) is 123 cm³/mol. The second kappa shape index (κ2) is 10.9. The summed E-state index contributed by atoms with van der Waals surface area (Å²) in [6.45, 7) is 6.49. The number of anilines is 1. The topological polar surface area (TPSA) is 122 Å². The standard InChI is InChI=1S/C22H28IN8O2/c1-4-25-21(24-3)19-18(13-31(30-19)15-6-8-16(9-7-15)33-5-2)29-22(32)17-10-23-20(28-17)14-11-26-27-12-14/h4,10-13,15-16H,1,5-9H2,2-3H3,(H,24,25)(H,26,27)(H,29,32)/q-1. The van der Waals surface area contributed by atoms with Crippen molar-refractivity contribution in [3.63, 3.8) is 0 Å². The van der Waals surface area contributed by atoms with Gasteiger partial charge in [-0.25, -0.2) is 0 Å². The molecule has 10 nitrogen and oxygen atoms in total. The summed E-state index contributed by atoms with van der Waals surface area (Å²) < 4.78 is 10.6. The van der Waals surface area contributed by atoms with Gasteiger partial charge in [-0.15, -0.1) is 0 Å². The second-order valence-electron chi connectivity index (χ2n) is 7.63. The van der Waals surface area contributed by atoms with Crippen molar-refractivity contribution in [3.05, 3.63) is 52.4 Å². The van der Waals surface area contributed by atoms with Crippen molar-refractivity contribution in [2.24, 2.45) is 9.98 Å². The first-order chi connectivity index (χ1) is 16.1. The molecule has 0 saturated heterocycles. The molecule has 33 heavy (non-hydrogen) atoms. The minimum absolute atomic E-state index is 0.246. The number of carbonyl (C=O) groups is 1. The molecule has 0 unspecified atom stereocenters. The molecule has 11 heteroatoms. The van der Waals surface area contributed by atoms with E-state index in [1.165, 1.54) is 0 Å². The number of halogens is 1. The molecule has 2 aliphatic rings. The number of aliphatic imine (C=N–C) groups is 2. The SMILES string of the molecule is C=CNC(=NC)c1nn(C2CCC(OCC)CC2)cc1NC(=O)C1=C[I-]C(c2cn[nH]c2)=N1. The molecule has 1 amide bonds. The molecule has 4 rings (SSSR count). The van der Waals surface area contributed by atoms with E-state index < -0.39 is 21.2 Å². The zero-order chi connectivity index (χ0) is 23.2. The van der Waals surface area contributed by atoms with Crippen molar-refractivity contribution < 1.29 is 30.7 Å². The molecular weight excluding hydrogens is 535 g/mol. The number of hydrogen-bond donors (Lipinski definition) is 3. The fourth-order valence-corrected chi connectivity index (χ4v) is 5.99. The zero-order valence-corrected chi connectivity index (χ0v) is 20.9. The van der Waals surface area contributed by atoms with Gasteiger partial charge in [0.1, 0.15) is 0 Å². The van der Waals surface area contributed by atoms with E-state index in [1.807, 2.05) is 21.9 Å². The van der Waals surface area contributed by atoms with Crippen LogP contribution < -0.4 is 31.8 Å². The first kappa shape index (κ1) is 23.4. The molecular formula is C22H28IN8O2-. The normalized spacial score (nSPS) is 21.1. The number of hydrogen-bond acceptors (Lipinski definition) is 6. The van der Waals surface area contributed by atoms with E-state index in [9.17, 15) is 4.79 Å². The van der Waals surface area contributed by atoms with Crippen LogP contribution in [0.2, 0.25) is 0 Å². The number of ether oxygens (including phenoxy) is 1. The second-order valence-corrected chi connectivity index (χ2v) is 9.89. The van der Waals surface area contributed by atoms with Crippen LogP contribution in [0.3, 0.4) is 0 Å². The summed E-state index contributed by atoms with van der Waals surface area (Å²) in [5.41, 5.74) is 2.51. The Bertz CT molecular complexity index is 1080. The van der Waals surface area contributed by atoms with Crippen LogP contribution in [-0.2, 0) is 9.53 Å². The van der Waals surface area contributed by atoms with E-state index in [0.29, 0.717) is 29.0 Å². The molecule has 176 valence electrons. The number of nitrogens with one attached hydrogen (secondary N) is 3. The van der Waals surface area contributed by atoms with Gasteiger partial charge in [-0.05, 0) is 6.92 Å². The first-order valence-corrected chi connectivity index (χ1v) is 13.2. The summed E-state index contributed by atoms with van der Waals surface area (Å²) in [5.74, 6) is 0.278. The Hall–Kier alpha value is -2.80. The Morgan fingerprint density at radius 3 is 2.91 bits per heavy atom. The van der Waals surface area contributed by atoms with Crippen molar-refractivity contribution in [1.29, 1.82) is 0 Å². The predicted octanol–water partition coefficient (Wildman–Crippen LogP) is -0.435. The van der Waals surface area contributed by atoms with Crippen LogP contribution >= 0.6 is 0 Å². The molecule has 2 aromatic heterocycles. The van der Waals surface area contributed by atoms with Gasteiger partial charge in [-0.1, -0.05) is 0 Å². The minimum atomic E-state index is -0.485. The van der Waals surface area contributed by atoms with Crippen LogP contribution in [0.1, 0.15) is 49.9 Å². The zero-order valence-electron chi connectivity index (χ0n) is 18.7. The maximum absolute atomic E-state index is 13.0. The summed E-state index contributed by atoms with van der Waals surface area (Å²) in [6.07, 6.45) is 11.2. The number of aromatic amines is 1. The Morgan fingerprint density at radius 1 is 1.42 bits per heavy atom. The molecule has 1 fully saturated rings. The quantitative estimate of drug-likeness (QED) is 0.229. The van der Waals surface area contributed by atoms with Crippen LogP contribution in [0.15, 0.2) is 51.1 Å². The maximum atomic E-state index is 13.0. The Morgan fingerprint density at radius 2 is 2.24 bits per heavy atom. The molecule has 0 aromatic carbocycles. The molecule has 0 spiro atoms. The van der Waals surface area contributed by atoms with E-state index in [0.717, 1.165) is 41.6 Å². The fraction of sp³-hybridized carbons (Fsp3) is 0.409. The third kappa shape index (κ3) is 5.41. The first-order valence-electron chi connectivity index (χ1n) is 10.9. The molecule has 0 bridgehead atoms. The van der Waals surface area contributed by atoms with Gasteiger partial charge in [0.05, 0.1) is 0 Å². The molecule has 2 aromatic rings. The molecule has 3 heterocycles. The molecule has 1 aliphatic carbocycles. The van der Waals surface area contributed by atoms with Crippen molar-refractivity contribution in [2.45, 2.75) is 44.8 Å². The van der Waals surface area contributed by atoms with Crippen molar-refractivity contribution in [3.8, 4) is 0 Å². The number of carbonyl (C=O) groups excluding carboxylic acids is 1. The Balaban J connectivity index is 1.54. The third-order valence-electron chi connectivity index (χ3n) is 5.54. The van der Waals surface area contributed by atoms with E-state index in [1.54, 1.807) is 25.6 Å². The van der Waals surface area contributed by atoms with Gasteiger partial charge in [0, 0.05) is 6.61 Å². The average Bonchev–Trinajstić information content (AvgIpc) is 3.59. The van der Waals surface area contributed by atoms with E-state index in [-0.39, 0.29) is 11.9 Å². The van der Waals surface area contributed by atoms with Crippen LogP contribution in [-0.4, -0.2) is 55.2 Å². The van der Waals surface area contributed by atoms with Gasteiger partial charge in [0.15, 0.2) is 0 Å². The summed E-state index contributed by atoms with van der Waals surface area (Å²) in [5, 5.41) is 17.6. The van der Waals surface area contributed by atoms with Crippen LogP contribution in [0.4, 0.5) is 5.69 Å². The molecule has 0 radical (unpaired) electrons. The number of rotatable bonds is 8. The average molecular weight is 563 g/mol. The third-order valence-corrected chi connectivity index (χ3v) is 7.89. The molecule has 1 saturated carbocycles. The van der Waals surface area contributed by atoms with Gasteiger partial charge in [-0.2, -0.15) is 0 Å². The summed E-state index contributed by atoms with van der Waals surface area (Å²) in [7, 11) is 1.68. The Kier molecular flexibility index (Phi) is 7.70. The van der Waals surface area contributed by atoms with E-state index in [2.05, 4.69) is 37.4 Å². The van der Waals surface area contributed by atoms with Crippen molar-refractivity contribution in [2.75, 3.05) is 19.0 Å². The number of amides is 1. The number of H-pyrrole nitrogens is 1. The van der Waals surface area contributed by atoms with E-state index >= 15 is 0 Å². The number of amidine groups is 1. The molecule has 3 N–H and O–H groups in total. The van der Waals surface area contributed by atoms with Crippen LogP contribution in [0.5, 0.6) is 0 Å². The Labute approximate surface area is 202 Å². The van der Waals surface area contributed by atoms with Crippen LogP contribution in [0, 0.1) is 0 Å². The van der Waals surface area contributed by atoms with Gasteiger partial charge in [-0.3, -0.25) is 0 Å². The number of nitrogens with zero attached hydrogens (tertiary/aromatic N) is 5. The van der Waals surface area contributed by atoms with Crippen molar-refractivity contribution >= 4 is 21.1 Å². The monoisotopic (exact) mass is 563 g/mol. The van der Waals surface area contributed by atoms with Crippen LogP contribution in [0.25, 0.3) is 0 Å². The number of aromatic nitrogens is 4. The summed E-state index contributed by atoms with van der Waals surface area (Å²) in [6, 6.07) is 0.246. The van der Waals surface area contributed by atoms with Crippen molar-refractivity contribution in [1.82, 2.24) is 25.3 Å². The molecule has 1 aliphatic heterocycles.